The van der Waals surface area contributed by atoms with E-state index in [1.807, 2.05) is 12.1 Å². The van der Waals surface area contributed by atoms with Crippen LogP contribution in [0, 0.1) is 18.7 Å². The monoisotopic (exact) mass is 317 g/mol. The Morgan fingerprint density at radius 3 is 2.61 bits per heavy atom. The summed E-state index contributed by atoms with van der Waals surface area (Å²) in [6.07, 6.45) is 1.93. The largest absolute Gasteiger partial charge is 0.286 e. The fourth-order valence-corrected chi connectivity index (χ4v) is 2.79. The maximum atomic E-state index is 13.4. The quantitative estimate of drug-likeness (QED) is 0.730. The topological polar surface area (TPSA) is 30.2 Å². The van der Waals surface area contributed by atoms with Crippen LogP contribution >= 0.6 is 0 Å². The first-order valence-electron chi connectivity index (χ1n) is 7.42. The van der Waals surface area contributed by atoms with Crippen LogP contribution < -0.4 is 0 Å². The van der Waals surface area contributed by atoms with E-state index in [9.17, 15) is 13.2 Å². The van der Waals surface area contributed by atoms with Crippen molar-refractivity contribution in [1.82, 2.24) is 14.6 Å². The van der Waals surface area contributed by atoms with Crippen molar-refractivity contribution in [3.05, 3.63) is 53.7 Å². The van der Waals surface area contributed by atoms with Gasteiger partial charge in [-0.1, -0.05) is 6.07 Å². The molecule has 0 bridgehead atoms. The normalized spacial score (nSPS) is 19.2. The summed E-state index contributed by atoms with van der Waals surface area (Å²) in [5, 5.41) is 8.09. The molecular weight excluding hydrogens is 303 g/mol. The second-order valence-electron chi connectivity index (χ2n) is 6.09. The van der Waals surface area contributed by atoms with Crippen LogP contribution in [-0.2, 0) is 6.42 Å². The van der Waals surface area contributed by atoms with Crippen LogP contribution in [0.25, 0.3) is 16.8 Å². The van der Waals surface area contributed by atoms with Gasteiger partial charge in [0.05, 0.1) is 0 Å². The zero-order valence-corrected chi connectivity index (χ0v) is 12.4. The molecule has 0 amide bonds. The molecule has 1 fully saturated rings. The van der Waals surface area contributed by atoms with Crippen LogP contribution in [0.4, 0.5) is 13.2 Å². The van der Waals surface area contributed by atoms with E-state index in [2.05, 4.69) is 10.2 Å². The SMILES string of the molecule is Cc1cc(-c2ccn3c(CC4CC4(F)F)nnc3c2)ccc1F. The minimum absolute atomic E-state index is 0.0746. The standard InChI is InChI=1S/C17H14F3N3/c1-10-6-11(2-3-14(10)18)12-4-5-23-15(7-12)21-22-16(23)8-13-9-17(13,19)20/h2-7,13H,8-9H2,1H3. The Bertz CT molecular complexity index is 901. The number of rotatable bonds is 3. The molecular formula is C17H14F3N3. The summed E-state index contributed by atoms with van der Waals surface area (Å²) >= 11 is 0. The maximum Gasteiger partial charge on any atom is 0.252 e. The van der Waals surface area contributed by atoms with Crippen LogP contribution in [0.1, 0.15) is 17.8 Å². The average Bonchev–Trinajstić information content (AvgIpc) is 2.93. The van der Waals surface area contributed by atoms with Crippen LogP contribution in [-0.4, -0.2) is 20.5 Å². The van der Waals surface area contributed by atoms with Crippen LogP contribution in [0.3, 0.4) is 0 Å². The molecule has 1 aliphatic rings. The molecule has 0 aliphatic heterocycles. The van der Waals surface area contributed by atoms with Crippen LogP contribution in [0.2, 0.25) is 0 Å². The van der Waals surface area contributed by atoms with E-state index in [1.54, 1.807) is 29.7 Å². The molecule has 6 heteroatoms. The summed E-state index contributed by atoms with van der Waals surface area (Å²) in [6.45, 7) is 1.71. The molecule has 4 rings (SSSR count). The Morgan fingerprint density at radius 1 is 1.17 bits per heavy atom. The molecule has 0 saturated heterocycles. The van der Waals surface area contributed by atoms with Crippen LogP contribution in [0.5, 0.6) is 0 Å². The maximum absolute atomic E-state index is 13.4. The van der Waals surface area contributed by atoms with Gasteiger partial charge in [-0.3, -0.25) is 4.40 Å². The summed E-state index contributed by atoms with van der Waals surface area (Å²) in [4.78, 5) is 0. The van der Waals surface area contributed by atoms with Crippen molar-refractivity contribution in [3.8, 4) is 11.1 Å². The van der Waals surface area contributed by atoms with Gasteiger partial charge >= 0.3 is 0 Å². The fraction of sp³-hybridized carbons (Fsp3) is 0.294. The molecule has 1 unspecified atom stereocenters. The van der Waals surface area contributed by atoms with Gasteiger partial charge in [-0.15, -0.1) is 10.2 Å². The Hall–Kier alpha value is -2.37. The second-order valence-corrected chi connectivity index (χ2v) is 6.09. The summed E-state index contributed by atoms with van der Waals surface area (Å²) in [7, 11) is 0. The molecule has 3 nitrogen and oxygen atoms in total. The number of hydrogen-bond donors (Lipinski definition) is 0. The third kappa shape index (κ3) is 2.48. The molecule has 0 N–H and O–H groups in total. The number of halogens is 3. The molecule has 1 aromatic carbocycles. The Kier molecular flexibility index (Phi) is 2.98. The van der Waals surface area contributed by atoms with E-state index in [0.717, 1.165) is 11.1 Å². The lowest BCUT2D eigenvalue weighted by Gasteiger charge is -2.05. The number of fused-ring (bicyclic) bond motifs is 1. The second kappa shape index (κ2) is 4.81. The van der Waals surface area contributed by atoms with E-state index in [4.69, 9.17) is 0 Å². The van der Waals surface area contributed by atoms with E-state index in [-0.39, 0.29) is 18.7 Å². The molecule has 23 heavy (non-hydrogen) atoms. The molecule has 118 valence electrons. The van der Waals surface area contributed by atoms with Crippen molar-refractivity contribution in [3.63, 3.8) is 0 Å². The summed E-state index contributed by atoms with van der Waals surface area (Å²) in [5.74, 6) is -2.89. The molecule has 0 spiro atoms. The van der Waals surface area contributed by atoms with Gasteiger partial charge in [0.2, 0.25) is 0 Å². The van der Waals surface area contributed by atoms with Gasteiger partial charge in [0.1, 0.15) is 11.6 Å². The van der Waals surface area contributed by atoms with Gasteiger partial charge in [-0.2, -0.15) is 0 Å². The predicted octanol–water partition coefficient (Wildman–Crippen LogP) is 4.04. The van der Waals surface area contributed by atoms with E-state index < -0.39 is 11.8 Å². The first-order chi connectivity index (χ1) is 10.9. The lowest BCUT2D eigenvalue weighted by Crippen LogP contribution is -2.01. The summed E-state index contributed by atoms with van der Waals surface area (Å²) in [6, 6.07) is 8.59. The van der Waals surface area contributed by atoms with E-state index >= 15 is 0 Å². The van der Waals surface area contributed by atoms with Crippen molar-refractivity contribution in [2.75, 3.05) is 0 Å². The molecule has 1 saturated carbocycles. The molecule has 2 heterocycles. The van der Waals surface area contributed by atoms with Crippen molar-refractivity contribution in [2.45, 2.75) is 25.7 Å². The lowest BCUT2D eigenvalue weighted by atomic mass is 10.0. The molecule has 0 radical (unpaired) electrons. The Labute approximate surface area is 130 Å². The Balaban J connectivity index is 1.68. The molecule has 3 aromatic rings. The third-order valence-corrected chi connectivity index (χ3v) is 4.36. The van der Waals surface area contributed by atoms with Crippen molar-refractivity contribution >= 4 is 5.65 Å². The minimum atomic E-state index is -2.56. The van der Waals surface area contributed by atoms with E-state index in [0.29, 0.717) is 17.0 Å². The van der Waals surface area contributed by atoms with Gasteiger partial charge in [-0.25, -0.2) is 13.2 Å². The highest BCUT2D eigenvalue weighted by molar-refractivity contribution is 5.67. The zero-order chi connectivity index (χ0) is 16.2. The van der Waals surface area contributed by atoms with Gasteiger partial charge in [0.25, 0.3) is 5.92 Å². The van der Waals surface area contributed by atoms with Crippen molar-refractivity contribution < 1.29 is 13.2 Å². The van der Waals surface area contributed by atoms with Gasteiger partial charge < -0.3 is 0 Å². The number of aromatic nitrogens is 3. The number of hydrogen-bond acceptors (Lipinski definition) is 2. The summed E-state index contributed by atoms with van der Waals surface area (Å²) < 4.78 is 41.2. The highest BCUT2D eigenvalue weighted by atomic mass is 19.3. The highest BCUT2D eigenvalue weighted by Gasteiger charge is 2.56. The number of alkyl halides is 2. The number of benzene rings is 1. The number of aryl methyl sites for hydroxylation is 1. The van der Waals surface area contributed by atoms with Crippen molar-refractivity contribution in [2.24, 2.45) is 5.92 Å². The Morgan fingerprint density at radius 2 is 1.91 bits per heavy atom. The van der Waals surface area contributed by atoms with Crippen molar-refractivity contribution in [1.29, 1.82) is 0 Å². The molecule has 1 aliphatic carbocycles. The number of nitrogens with zero attached hydrogens (tertiary/aromatic N) is 3. The summed E-state index contributed by atoms with van der Waals surface area (Å²) in [5.41, 5.74) is 2.94. The first kappa shape index (κ1) is 14.2. The third-order valence-electron chi connectivity index (χ3n) is 4.36. The van der Waals surface area contributed by atoms with E-state index in [1.165, 1.54) is 6.07 Å². The predicted molar refractivity (Wildman–Crippen MR) is 79.9 cm³/mol. The molecule has 1 atom stereocenters. The van der Waals surface area contributed by atoms with Gasteiger partial charge in [-0.05, 0) is 47.9 Å². The van der Waals surface area contributed by atoms with Crippen LogP contribution in [0.15, 0.2) is 36.5 Å². The average molecular weight is 317 g/mol. The minimum Gasteiger partial charge on any atom is -0.286 e. The van der Waals surface area contributed by atoms with Gasteiger partial charge in [0.15, 0.2) is 5.65 Å². The number of pyridine rings is 1. The van der Waals surface area contributed by atoms with Gasteiger partial charge in [0, 0.05) is 25.0 Å². The lowest BCUT2D eigenvalue weighted by molar-refractivity contribution is 0.0984. The highest BCUT2D eigenvalue weighted by Crippen LogP contribution is 2.50. The zero-order valence-electron chi connectivity index (χ0n) is 12.4. The fourth-order valence-electron chi connectivity index (χ4n) is 2.79. The first-order valence-corrected chi connectivity index (χ1v) is 7.42. The smallest absolute Gasteiger partial charge is 0.252 e. The molecule has 2 aromatic heterocycles.